The molecule has 9 heteroatoms. The fraction of sp³-hybridized carbons (Fsp3) is 0.407. The van der Waals surface area contributed by atoms with Crippen molar-refractivity contribution in [1.82, 2.24) is 14.4 Å². The zero-order valence-electron chi connectivity index (χ0n) is 21.0. The molecule has 7 nitrogen and oxygen atoms in total. The van der Waals surface area contributed by atoms with Crippen LogP contribution >= 0.6 is 24.0 Å². The number of thioether (sulfide) groups is 1. The van der Waals surface area contributed by atoms with Gasteiger partial charge in [-0.05, 0) is 37.5 Å². The zero-order valence-corrected chi connectivity index (χ0v) is 22.6. The van der Waals surface area contributed by atoms with E-state index < -0.39 is 0 Å². The Bertz CT molecular complexity index is 1290. The maximum atomic E-state index is 13.2. The van der Waals surface area contributed by atoms with Crippen LogP contribution in [0.1, 0.15) is 42.5 Å². The predicted molar refractivity (Wildman–Crippen MR) is 150 cm³/mol. The van der Waals surface area contributed by atoms with Gasteiger partial charge in [0.15, 0.2) is 0 Å². The molecule has 0 atom stereocenters. The van der Waals surface area contributed by atoms with Crippen LogP contribution in [0.15, 0.2) is 40.0 Å². The fourth-order valence-corrected chi connectivity index (χ4v) is 6.08. The van der Waals surface area contributed by atoms with Crippen molar-refractivity contribution in [2.75, 3.05) is 37.6 Å². The van der Waals surface area contributed by atoms with Crippen LogP contribution in [0, 0.1) is 18.3 Å². The van der Waals surface area contributed by atoms with E-state index in [0.29, 0.717) is 27.9 Å². The van der Waals surface area contributed by atoms with Gasteiger partial charge in [0.2, 0.25) is 0 Å². The number of carbonyl (C=O) groups excluding carboxylic acids is 1. The van der Waals surface area contributed by atoms with Crippen LogP contribution in [0.3, 0.4) is 0 Å². The molecule has 3 heterocycles. The minimum atomic E-state index is -0.283. The van der Waals surface area contributed by atoms with Gasteiger partial charge in [0.05, 0.1) is 4.91 Å². The van der Waals surface area contributed by atoms with E-state index in [0.717, 1.165) is 50.5 Å². The Hall–Kier alpha value is -2.93. The molecule has 2 aliphatic rings. The third-order valence-electron chi connectivity index (χ3n) is 6.68. The maximum absolute atomic E-state index is 13.2. The molecule has 2 aliphatic heterocycles. The number of aromatic nitrogens is 1. The van der Waals surface area contributed by atoms with Crippen LogP contribution in [0.25, 0.3) is 6.08 Å². The largest absolute Gasteiger partial charge is 0.355 e. The minimum Gasteiger partial charge on any atom is -0.355 e. The highest BCUT2D eigenvalue weighted by molar-refractivity contribution is 8.26. The summed E-state index contributed by atoms with van der Waals surface area (Å²) in [6.45, 7) is 10.8. The molecule has 0 aliphatic carbocycles. The van der Waals surface area contributed by atoms with Gasteiger partial charge >= 0.3 is 0 Å². The lowest BCUT2D eigenvalue weighted by atomic mass is 10.0. The second-order valence-corrected chi connectivity index (χ2v) is 10.7. The van der Waals surface area contributed by atoms with Crippen molar-refractivity contribution >= 4 is 46.1 Å². The molecule has 0 spiro atoms. The summed E-state index contributed by atoms with van der Waals surface area (Å²) in [5.74, 6) is 0.664. The first-order valence-electron chi connectivity index (χ1n) is 12.3. The molecule has 1 amide bonds. The van der Waals surface area contributed by atoms with Gasteiger partial charge in [-0.3, -0.25) is 24.0 Å². The zero-order chi connectivity index (χ0) is 25.8. The molecule has 2 aromatic rings. The summed E-state index contributed by atoms with van der Waals surface area (Å²) in [6.07, 6.45) is 2.65. The van der Waals surface area contributed by atoms with Gasteiger partial charge in [0.1, 0.15) is 21.8 Å². The normalized spacial score (nSPS) is 17.8. The van der Waals surface area contributed by atoms with Crippen molar-refractivity contribution in [1.29, 1.82) is 5.26 Å². The van der Waals surface area contributed by atoms with Gasteiger partial charge < -0.3 is 4.90 Å². The SMILES string of the molecule is CCCN1C(=O)/C(=C/c2c(C)c(C#N)c(=O)n(CC)c2N2CCN(Cc3ccccc3)CC2)SC1=S. The Morgan fingerprint density at radius 3 is 2.42 bits per heavy atom. The smallest absolute Gasteiger partial charge is 0.270 e. The van der Waals surface area contributed by atoms with Crippen molar-refractivity contribution < 1.29 is 4.79 Å². The predicted octanol–water partition coefficient (Wildman–Crippen LogP) is 3.98. The number of benzene rings is 1. The van der Waals surface area contributed by atoms with E-state index in [4.69, 9.17) is 12.2 Å². The Balaban J connectivity index is 1.71. The first kappa shape index (κ1) is 26.1. The maximum Gasteiger partial charge on any atom is 0.270 e. The number of amides is 1. The molecule has 2 saturated heterocycles. The highest BCUT2D eigenvalue weighted by atomic mass is 32.2. The van der Waals surface area contributed by atoms with Crippen LogP contribution in [0.5, 0.6) is 0 Å². The van der Waals surface area contributed by atoms with Crippen LogP contribution in [-0.4, -0.2) is 57.3 Å². The van der Waals surface area contributed by atoms with E-state index in [-0.39, 0.29) is 17.0 Å². The van der Waals surface area contributed by atoms with Crippen LogP contribution < -0.4 is 10.5 Å². The van der Waals surface area contributed by atoms with Gasteiger partial charge in [0, 0.05) is 51.4 Å². The van der Waals surface area contributed by atoms with E-state index in [2.05, 4.69) is 40.1 Å². The fourth-order valence-electron chi connectivity index (χ4n) is 4.79. The highest BCUT2D eigenvalue weighted by Gasteiger charge is 2.33. The lowest BCUT2D eigenvalue weighted by Gasteiger charge is -2.38. The van der Waals surface area contributed by atoms with E-state index in [1.165, 1.54) is 17.3 Å². The number of nitriles is 1. The molecule has 1 aromatic heterocycles. The monoisotopic (exact) mass is 521 g/mol. The van der Waals surface area contributed by atoms with Gasteiger partial charge in [-0.25, -0.2) is 0 Å². The number of nitrogens with zero attached hydrogens (tertiary/aromatic N) is 5. The molecule has 188 valence electrons. The quantitative estimate of drug-likeness (QED) is 0.403. The molecule has 4 rings (SSSR count). The summed E-state index contributed by atoms with van der Waals surface area (Å²) in [4.78, 5) is 33.1. The Labute approximate surface area is 222 Å². The molecule has 0 unspecified atom stereocenters. The summed E-state index contributed by atoms with van der Waals surface area (Å²) >= 11 is 6.74. The Morgan fingerprint density at radius 2 is 1.81 bits per heavy atom. The van der Waals surface area contributed by atoms with E-state index in [1.54, 1.807) is 16.4 Å². The number of carbonyl (C=O) groups is 1. The topological polar surface area (TPSA) is 72.6 Å². The molecular formula is C27H31N5O2S2. The van der Waals surface area contributed by atoms with Crippen LogP contribution in [-0.2, 0) is 17.9 Å². The average molecular weight is 522 g/mol. The first-order valence-corrected chi connectivity index (χ1v) is 13.6. The third-order valence-corrected chi connectivity index (χ3v) is 8.06. The number of piperazine rings is 1. The van der Waals surface area contributed by atoms with E-state index in [1.807, 2.05) is 26.0 Å². The summed E-state index contributed by atoms with van der Waals surface area (Å²) in [5.41, 5.74) is 2.48. The summed E-state index contributed by atoms with van der Waals surface area (Å²) < 4.78 is 2.22. The standard InChI is InChI=1S/C27H31N5O2S2/c1-4-11-32-26(34)23(36-27(32)35)16-21-19(3)22(17-28)25(33)31(5-2)24(21)30-14-12-29(13-15-30)18-20-9-7-6-8-10-20/h6-10,16H,4-5,11-15,18H2,1-3H3/b23-16-. The van der Waals surface area contributed by atoms with Crippen molar-refractivity contribution in [3.05, 3.63) is 67.8 Å². The molecule has 2 fully saturated rings. The molecule has 0 radical (unpaired) electrons. The van der Waals surface area contributed by atoms with Crippen LogP contribution in [0.4, 0.5) is 5.82 Å². The first-order chi connectivity index (χ1) is 17.4. The number of pyridine rings is 1. The summed E-state index contributed by atoms with van der Waals surface area (Å²) in [5, 5.41) is 9.78. The molecule has 0 bridgehead atoms. The van der Waals surface area contributed by atoms with Crippen molar-refractivity contribution in [3.8, 4) is 6.07 Å². The number of anilines is 1. The molecular weight excluding hydrogens is 490 g/mol. The minimum absolute atomic E-state index is 0.113. The summed E-state index contributed by atoms with van der Waals surface area (Å²) in [6, 6.07) is 12.5. The third kappa shape index (κ3) is 5.12. The Morgan fingerprint density at radius 1 is 1.11 bits per heavy atom. The number of hydrogen-bond donors (Lipinski definition) is 0. The number of thiocarbonyl (C=S) groups is 1. The second kappa shape index (κ2) is 11.4. The average Bonchev–Trinajstić information content (AvgIpc) is 3.14. The van der Waals surface area contributed by atoms with Crippen molar-refractivity contribution in [2.45, 2.75) is 40.3 Å². The second-order valence-electron chi connectivity index (χ2n) is 8.98. The number of hydrogen-bond acceptors (Lipinski definition) is 7. The Kier molecular flexibility index (Phi) is 8.29. The molecule has 36 heavy (non-hydrogen) atoms. The molecule has 0 N–H and O–H groups in total. The van der Waals surface area contributed by atoms with Crippen LogP contribution in [0.2, 0.25) is 0 Å². The lowest BCUT2D eigenvalue weighted by Crippen LogP contribution is -2.48. The van der Waals surface area contributed by atoms with Crippen molar-refractivity contribution in [2.24, 2.45) is 0 Å². The van der Waals surface area contributed by atoms with Gasteiger partial charge in [-0.15, -0.1) is 0 Å². The lowest BCUT2D eigenvalue weighted by molar-refractivity contribution is -0.122. The van der Waals surface area contributed by atoms with E-state index >= 15 is 0 Å². The number of rotatable bonds is 7. The molecule has 1 aromatic carbocycles. The highest BCUT2D eigenvalue weighted by Crippen LogP contribution is 2.36. The van der Waals surface area contributed by atoms with Gasteiger partial charge in [0.25, 0.3) is 11.5 Å². The van der Waals surface area contributed by atoms with Gasteiger partial charge in [-0.1, -0.05) is 61.2 Å². The van der Waals surface area contributed by atoms with E-state index in [9.17, 15) is 14.9 Å². The van der Waals surface area contributed by atoms with Crippen molar-refractivity contribution in [3.63, 3.8) is 0 Å². The molecule has 0 saturated carbocycles. The van der Waals surface area contributed by atoms with Gasteiger partial charge in [-0.2, -0.15) is 5.26 Å². The summed E-state index contributed by atoms with van der Waals surface area (Å²) in [7, 11) is 0.